The molecule has 0 atom stereocenters. The van der Waals surface area contributed by atoms with E-state index in [4.69, 9.17) is 11.6 Å². The molecule has 0 bridgehead atoms. The van der Waals surface area contributed by atoms with Crippen molar-refractivity contribution in [1.29, 1.82) is 0 Å². The van der Waals surface area contributed by atoms with E-state index in [9.17, 15) is 9.59 Å². The summed E-state index contributed by atoms with van der Waals surface area (Å²) in [5, 5.41) is 7.14. The largest absolute Gasteiger partial charge is 0.322 e. The Bertz CT molecular complexity index is 1080. The first-order chi connectivity index (χ1) is 14.0. The van der Waals surface area contributed by atoms with Crippen LogP contribution < -0.4 is 10.6 Å². The van der Waals surface area contributed by atoms with Gasteiger partial charge in [-0.2, -0.15) is 0 Å². The predicted molar refractivity (Wildman–Crippen MR) is 119 cm³/mol. The fourth-order valence-electron chi connectivity index (χ4n) is 3.57. The second kappa shape index (κ2) is 8.39. The lowest BCUT2D eigenvalue weighted by Crippen LogP contribution is -2.19. The molecule has 1 aromatic heterocycles. The first kappa shape index (κ1) is 19.7. The van der Waals surface area contributed by atoms with Crippen molar-refractivity contribution in [2.45, 2.75) is 32.6 Å². The Morgan fingerprint density at radius 1 is 0.966 bits per heavy atom. The standard InChI is InChI=1S/C23H21ClN2O2S/c1-14-11-12-16(24)13-18(14)25-22(28)20-17-9-5-6-10-19(17)29-23(20)26-21(27)15-7-3-2-4-8-15/h2-4,7-8,11-13H,5-6,9-10H2,1H3,(H,25,28)(H,26,27). The van der Waals surface area contributed by atoms with Crippen LogP contribution in [0.15, 0.2) is 48.5 Å². The quantitative estimate of drug-likeness (QED) is 0.532. The average molecular weight is 425 g/mol. The Labute approximate surface area is 178 Å². The highest BCUT2D eigenvalue weighted by atomic mass is 35.5. The van der Waals surface area contributed by atoms with Gasteiger partial charge in [0.1, 0.15) is 5.00 Å². The van der Waals surface area contributed by atoms with E-state index >= 15 is 0 Å². The highest BCUT2D eigenvalue weighted by Gasteiger charge is 2.27. The highest BCUT2D eigenvalue weighted by molar-refractivity contribution is 7.17. The molecule has 0 radical (unpaired) electrons. The van der Waals surface area contributed by atoms with Crippen LogP contribution in [0.1, 0.15) is 49.6 Å². The molecule has 1 aliphatic rings. The van der Waals surface area contributed by atoms with Crippen molar-refractivity contribution in [3.8, 4) is 0 Å². The number of halogens is 1. The van der Waals surface area contributed by atoms with E-state index < -0.39 is 0 Å². The molecule has 3 aromatic rings. The van der Waals surface area contributed by atoms with Crippen molar-refractivity contribution in [3.63, 3.8) is 0 Å². The molecule has 1 aliphatic carbocycles. The van der Waals surface area contributed by atoms with Crippen LogP contribution in [0, 0.1) is 6.92 Å². The number of thiophene rings is 1. The second-order valence-corrected chi connectivity index (χ2v) is 8.69. The van der Waals surface area contributed by atoms with Gasteiger partial charge in [-0.3, -0.25) is 9.59 Å². The van der Waals surface area contributed by atoms with Crippen LogP contribution in [0.4, 0.5) is 10.7 Å². The third kappa shape index (κ3) is 4.21. The Kier molecular flexibility index (Phi) is 5.69. The lowest BCUT2D eigenvalue weighted by Gasteiger charge is -2.14. The number of benzene rings is 2. The Morgan fingerprint density at radius 2 is 1.72 bits per heavy atom. The maximum Gasteiger partial charge on any atom is 0.258 e. The predicted octanol–water partition coefficient (Wildman–Crippen LogP) is 6.09. The van der Waals surface area contributed by atoms with Crippen molar-refractivity contribution in [3.05, 3.63) is 80.7 Å². The minimum absolute atomic E-state index is 0.210. The molecule has 6 heteroatoms. The summed E-state index contributed by atoms with van der Waals surface area (Å²) in [7, 11) is 0. The minimum Gasteiger partial charge on any atom is -0.322 e. The monoisotopic (exact) mass is 424 g/mol. The van der Waals surface area contributed by atoms with Gasteiger partial charge in [-0.15, -0.1) is 11.3 Å². The minimum atomic E-state index is -0.211. The number of aryl methyl sites for hydroxylation is 2. The molecule has 29 heavy (non-hydrogen) atoms. The van der Waals surface area contributed by atoms with Crippen LogP contribution in [-0.2, 0) is 12.8 Å². The van der Waals surface area contributed by atoms with Gasteiger partial charge in [-0.1, -0.05) is 35.9 Å². The number of hydrogen-bond acceptors (Lipinski definition) is 3. The van der Waals surface area contributed by atoms with Gasteiger partial charge in [0, 0.05) is 21.2 Å². The lowest BCUT2D eigenvalue weighted by molar-refractivity contribution is 0.102. The first-order valence-electron chi connectivity index (χ1n) is 9.61. The van der Waals surface area contributed by atoms with E-state index in [1.807, 2.05) is 31.2 Å². The van der Waals surface area contributed by atoms with Crippen LogP contribution >= 0.6 is 22.9 Å². The van der Waals surface area contributed by atoms with E-state index in [-0.39, 0.29) is 11.8 Å². The van der Waals surface area contributed by atoms with E-state index in [0.717, 1.165) is 36.8 Å². The fraction of sp³-hybridized carbons (Fsp3) is 0.217. The van der Waals surface area contributed by atoms with Gasteiger partial charge < -0.3 is 10.6 Å². The molecule has 0 unspecified atom stereocenters. The van der Waals surface area contributed by atoms with Crippen molar-refractivity contribution >= 4 is 45.4 Å². The van der Waals surface area contributed by atoms with Gasteiger partial charge >= 0.3 is 0 Å². The molecule has 0 spiro atoms. The molecular formula is C23H21ClN2O2S. The summed E-state index contributed by atoms with van der Waals surface area (Å²) in [4.78, 5) is 27.1. The lowest BCUT2D eigenvalue weighted by atomic mass is 9.95. The molecular weight excluding hydrogens is 404 g/mol. The van der Waals surface area contributed by atoms with Crippen LogP contribution in [0.25, 0.3) is 0 Å². The maximum atomic E-state index is 13.3. The molecule has 148 valence electrons. The number of amides is 2. The Hall–Kier alpha value is -2.63. The molecule has 4 rings (SSSR count). The maximum absolute atomic E-state index is 13.3. The molecule has 0 aliphatic heterocycles. The Balaban J connectivity index is 1.68. The molecule has 1 heterocycles. The molecule has 0 saturated carbocycles. The van der Waals surface area contributed by atoms with Gasteiger partial charge in [-0.25, -0.2) is 0 Å². The van der Waals surface area contributed by atoms with Crippen molar-refractivity contribution in [1.82, 2.24) is 0 Å². The van der Waals surface area contributed by atoms with E-state index in [1.165, 1.54) is 16.2 Å². The van der Waals surface area contributed by atoms with Gasteiger partial charge in [0.25, 0.3) is 11.8 Å². The third-order valence-electron chi connectivity index (χ3n) is 5.11. The summed E-state index contributed by atoms with van der Waals surface area (Å²) < 4.78 is 0. The smallest absolute Gasteiger partial charge is 0.258 e. The summed E-state index contributed by atoms with van der Waals surface area (Å²) in [6, 6.07) is 14.5. The van der Waals surface area contributed by atoms with Crippen LogP contribution in [0.3, 0.4) is 0 Å². The zero-order chi connectivity index (χ0) is 20.4. The summed E-state index contributed by atoms with van der Waals surface area (Å²) in [5.41, 5.74) is 3.81. The topological polar surface area (TPSA) is 58.2 Å². The number of carbonyl (C=O) groups excluding carboxylic acids is 2. The van der Waals surface area contributed by atoms with Gasteiger partial charge in [0.2, 0.25) is 0 Å². The van der Waals surface area contributed by atoms with Gasteiger partial charge in [-0.05, 0) is 68.0 Å². The molecule has 2 aromatic carbocycles. The van der Waals surface area contributed by atoms with Gasteiger partial charge in [0.15, 0.2) is 0 Å². The molecule has 0 fully saturated rings. The number of nitrogens with one attached hydrogen (secondary N) is 2. The Morgan fingerprint density at radius 3 is 2.52 bits per heavy atom. The average Bonchev–Trinajstić information content (AvgIpc) is 3.09. The number of hydrogen-bond donors (Lipinski definition) is 2. The summed E-state index contributed by atoms with van der Waals surface area (Å²) in [6.07, 6.45) is 3.95. The SMILES string of the molecule is Cc1ccc(Cl)cc1NC(=O)c1c(NC(=O)c2ccccc2)sc2c1CCCC2. The number of fused-ring (bicyclic) bond motifs is 1. The van der Waals surface area contributed by atoms with E-state index in [1.54, 1.807) is 24.3 Å². The zero-order valence-corrected chi connectivity index (χ0v) is 17.6. The van der Waals surface area contributed by atoms with Gasteiger partial charge in [0.05, 0.1) is 5.56 Å². The van der Waals surface area contributed by atoms with Crippen LogP contribution in [0.5, 0.6) is 0 Å². The highest BCUT2D eigenvalue weighted by Crippen LogP contribution is 2.39. The number of carbonyl (C=O) groups is 2. The number of rotatable bonds is 4. The normalized spacial score (nSPS) is 12.9. The molecule has 2 amide bonds. The summed E-state index contributed by atoms with van der Waals surface area (Å²) in [6.45, 7) is 1.92. The van der Waals surface area contributed by atoms with E-state index in [2.05, 4.69) is 10.6 Å². The van der Waals surface area contributed by atoms with Crippen molar-refractivity contribution < 1.29 is 9.59 Å². The van der Waals surface area contributed by atoms with Crippen molar-refractivity contribution in [2.24, 2.45) is 0 Å². The molecule has 2 N–H and O–H groups in total. The van der Waals surface area contributed by atoms with Crippen LogP contribution in [-0.4, -0.2) is 11.8 Å². The van der Waals surface area contributed by atoms with E-state index in [0.29, 0.717) is 26.8 Å². The fourth-order valence-corrected chi connectivity index (χ4v) is 5.03. The zero-order valence-electron chi connectivity index (χ0n) is 16.0. The summed E-state index contributed by atoms with van der Waals surface area (Å²) >= 11 is 7.61. The second-order valence-electron chi connectivity index (χ2n) is 7.15. The number of anilines is 2. The molecule has 4 nitrogen and oxygen atoms in total. The van der Waals surface area contributed by atoms with Crippen LogP contribution in [0.2, 0.25) is 5.02 Å². The molecule has 0 saturated heterocycles. The third-order valence-corrected chi connectivity index (χ3v) is 6.55. The summed E-state index contributed by atoms with van der Waals surface area (Å²) in [5.74, 6) is -0.421. The first-order valence-corrected chi connectivity index (χ1v) is 10.8. The van der Waals surface area contributed by atoms with Crippen molar-refractivity contribution in [2.75, 3.05) is 10.6 Å².